The largest absolute Gasteiger partial charge is 0.483 e. The first-order chi connectivity index (χ1) is 9.69. The van der Waals surface area contributed by atoms with Crippen LogP contribution < -0.4 is 15.8 Å². The fourth-order valence-electron chi connectivity index (χ4n) is 2.18. The normalized spacial score (nSPS) is 15.9. The number of aryl methyl sites for hydroxylation is 1. The van der Waals surface area contributed by atoms with Crippen molar-refractivity contribution < 1.29 is 14.3 Å². The number of rotatable bonds is 5. The number of carbonyl (C=O) groups is 1. The number of nitrogens with two attached hydrogens (primary N) is 1. The van der Waals surface area contributed by atoms with Crippen molar-refractivity contribution >= 4 is 5.91 Å². The molecule has 2 rings (SSSR count). The number of hydrogen-bond donors (Lipinski definition) is 2. The van der Waals surface area contributed by atoms with Gasteiger partial charge in [0.25, 0.3) is 5.91 Å². The number of hydrogen-bond acceptors (Lipinski definition) is 4. The van der Waals surface area contributed by atoms with Gasteiger partial charge in [0.05, 0.1) is 0 Å². The van der Waals surface area contributed by atoms with E-state index < -0.39 is 0 Å². The average molecular weight is 278 g/mol. The molecule has 5 nitrogen and oxygen atoms in total. The highest BCUT2D eigenvalue weighted by atomic mass is 16.5. The minimum absolute atomic E-state index is 0.0340. The highest BCUT2D eigenvalue weighted by molar-refractivity contribution is 5.77. The SMILES string of the molecule is Cc1ccc(CN)cc1OCC(=O)NC1CCOCC1. The van der Waals surface area contributed by atoms with Crippen LogP contribution in [0.4, 0.5) is 0 Å². The van der Waals surface area contributed by atoms with Crippen molar-refractivity contribution in [3.63, 3.8) is 0 Å². The maximum Gasteiger partial charge on any atom is 0.258 e. The summed E-state index contributed by atoms with van der Waals surface area (Å²) in [5, 5.41) is 2.97. The second kappa shape index (κ2) is 7.26. The van der Waals surface area contributed by atoms with E-state index in [2.05, 4.69) is 5.32 Å². The lowest BCUT2D eigenvalue weighted by molar-refractivity contribution is -0.124. The van der Waals surface area contributed by atoms with Crippen LogP contribution in [0.2, 0.25) is 0 Å². The Bertz CT molecular complexity index is 456. The zero-order valence-electron chi connectivity index (χ0n) is 11.9. The fourth-order valence-corrected chi connectivity index (χ4v) is 2.18. The molecule has 0 saturated carbocycles. The monoisotopic (exact) mass is 278 g/mol. The second-order valence-electron chi connectivity index (χ2n) is 5.05. The molecule has 0 radical (unpaired) electrons. The third kappa shape index (κ3) is 4.21. The summed E-state index contributed by atoms with van der Waals surface area (Å²) in [6.07, 6.45) is 1.74. The number of ether oxygens (including phenoxy) is 2. The molecule has 3 N–H and O–H groups in total. The molecule has 1 heterocycles. The van der Waals surface area contributed by atoms with Gasteiger partial charge in [-0.1, -0.05) is 12.1 Å². The molecule has 20 heavy (non-hydrogen) atoms. The summed E-state index contributed by atoms with van der Waals surface area (Å²) in [6.45, 7) is 3.87. The van der Waals surface area contributed by atoms with Crippen LogP contribution in [0.5, 0.6) is 5.75 Å². The molecular formula is C15H22N2O3. The minimum Gasteiger partial charge on any atom is -0.483 e. The zero-order chi connectivity index (χ0) is 14.4. The molecule has 0 spiro atoms. The first-order valence-corrected chi connectivity index (χ1v) is 6.98. The number of carbonyl (C=O) groups excluding carboxylic acids is 1. The van der Waals surface area contributed by atoms with Crippen molar-refractivity contribution in [3.05, 3.63) is 29.3 Å². The van der Waals surface area contributed by atoms with Gasteiger partial charge in [-0.3, -0.25) is 4.79 Å². The van der Waals surface area contributed by atoms with Gasteiger partial charge in [-0.25, -0.2) is 0 Å². The van der Waals surface area contributed by atoms with Gasteiger partial charge in [0.1, 0.15) is 5.75 Å². The van der Waals surface area contributed by atoms with Gasteiger partial charge in [0, 0.05) is 25.8 Å². The highest BCUT2D eigenvalue weighted by Gasteiger charge is 2.16. The molecule has 1 aromatic carbocycles. The van der Waals surface area contributed by atoms with Gasteiger partial charge < -0.3 is 20.5 Å². The van der Waals surface area contributed by atoms with Gasteiger partial charge in [-0.2, -0.15) is 0 Å². The van der Waals surface area contributed by atoms with Crippen molar-refractivity contribution in [1.82, 2.24) is 5.32 Å². The minimum atomic E-state index is -0.0885. The Morgan fingerprint density at radius 3 is 2.90 bits per heavy atom. The predicted octanol–water partition coefficient (Wildman–Crippen LogP) is 1.13. The van der Waals surface area contributed by atoms with Crippen LogP contribution in [0.15, 0.2) is 18.2 Å². The van der Waals surface area contributed by atoms with E-state index >= 15 is 0 Å². The molecule has 1 aliphatic rings. The Morgan fingerprint density at radius 2 is 2.20 bits per heavy atom. The Balaban J connectivity index is 1.83. The molecule has 1 aromatic rings. The smallest absolute Gasteiger partial charge is 0.258 e. The van der Waals surface area contributed by atoms with E-state index in [0.29, 0.717) is 19.8 Å². The summed E-state index contributed by atoms with van der Waals surface area (Å²) in [5.41, 5.74) is 7.60. The van der Waals surface area contributed by atoms with E-state index in [9.17, 15) is 4.79 Å². The Kier molecular flexibility index (Phi) is 5.38. The van der Waals surface area contributed by atoms with E-state index in [4.69, 9.17) is 15.2 Å². The standard InChI is InChI=1S/C15H22N2O3/c1-11-2-3-12(9-16)8-14(11)20-10-15(18)17-13-4-6-19-7-5-13/h2-3,8,13H,4-7,9-10,16H2,1H3,(H,17,18). The Hall–Kier alpha value is -1.59. The Labute approximate surface area is 119 Å². The predicted molar refractivity (Wildman–Crippen MR) is 76.5 cm³/mol. The average Bonchev–Trinajstić information content (AvgIpc) is 2.47. The van der Waals surface area contributed by atoms with E-state index in [1.165, 1.54) is 0 Å². The second-order valence-corrected chi connectivity index (χ2v) is 5.05. The summed E-state index contributed by atoms with van der Waals surface area (Å²) in [5.74, 6) is 0.629. The van der Waals surface area contributed by atoms with E-state index in [0.717, 1.165) is 29.7 Å². The van der Waals surface area contributed by atoms with Crippen LogP contribution >= 0.6 is 0 Å². The molecular weight excluding hydrogens is 256 g/mol. The van der Waals surface area contributed by atoms with Gasteiger partial charge in [-0.15, -0.1) is 0 Å². The van der Waals surface area contributed by atoms with Crippen LogP contribution in [0.3, 0.4) is 0 Å². The summed E-state index contributed by atoms with van der Waals surface area (Å²) in [6, 6.07) is 6.01. The van der Waals surface area contributed by atoms with Crippen LogP contribution in [-0.2, 0) is 16.1 Å². The molecule has 5 heteroatoms. The molecule has 1 fully saturated rings. The van der Waals surface area contributed by atoms with E-state index in [-0.39, 0.29) is 18.6 Å². The lowest BCUT2D eigenvalue weighted by Crippen LogP contribution is -2.41. The molecule has 0 aromatic heterocycles. The molecule has 0 bridgehead atoms. The van der Waals surface area contributed by atoms with Gasteiger partial charge in [-0.05, 0) is 37.0 Å². The first-order valence-electron chi connectivity index (χ1n) is 6.98. The van der Waals surface area contributed by atoms with Crippen LogP contribution in [-0.4, -0.2) is 31.8 Å². The fraction of sp³-hybridized carbons (Fsp3) is 0.533. The van der Waals surface area contributed by atoms with Gasteiger partial charge in [0.2, 0.25) is 0 Å². The molecule has 0 unspecified atom stereocenters. The van der Waals surface area contributed by atoms with Crippen molar-refractivity contribution in [2.45, 2.75) is 32.4 Å². The van der Waals surface area contributed by atoms with Crippen molar-refractivity contribution in [1.29, 1.82) is 0 Å². The van der Waals surface area contributed by atoms with Crippen LogP contribution in [0.25, 0.3) is 0 Å². The summed E-state index contributed by atoms with van der Waals surface area (Å²) in [7, 11) is 0. The lowest BCUT2D eigenvalue weighted by atomic mass is 10.1. The molecule has 0 aliphatic carbocycles. The number of nitrogens with one attached hydrogen (secondary N) is 1. The first kappa shape index (κ1) is 14.8. The Morgan fingerprint density at radius 1 is 1.45 bits per heavy atom. The summed E-state index contributed by atoms with van der Waals surface area (Å²) < 4.78 is 10.8. The third-order valence-corrected chi connectivity index (χ3v) is 3.43. The summed E-state index contributed by atoms with van der Waals surface area (Å²) >= 11 is 0. The maximum atomic E-state index is 11.8. The third-order valence-electron chi connectivity index (χ3n) is 3.43. The molecule has 110 valence electrons. The zero-order valence-corrected chi connectivity index (χ0v) is 11.9. The molecule has 1 amide bonds. The summed E-state index contributed by atoms with van der Waals surface area (Å²) in [4.78, 5) is 11.8. The quantitative estimate of drug-likeness (QED) is 0.846. The molecule has 0 atom stereocenters. The van der Waals surface area contributed by atoms with Gasteiger partial charge in [0.15, 0.2) is 6.61 Å². The van der Waals surface area contributed by atoms with E-state index in [1.807, 2.05) is 25.1 Å². The maximum absolute atomic E-state index is 11.8. The van der Waals surface area contributed by atoms with Crippen molar-refractivity contribution in [3.8, 4) is 5.75 Å². The van der Waals surface area contributed by atoms with Crippen LogP contribution in [0.1, 0.15) is 24.0 Å². The van der Waals surface area contributed by atoms with E-state index in [1.54, 1.807) is 0 Å². The number of amides is 1. The lowest BCUT2D eigenvalue weighted by Gasteiger charge is -2.23. The van der Waals surface area contributed by atoms with Crippen molar-refractivity contribution in [2.24, 2.45) is 5.73 Å². The molecule has 1 aliphatic heterocycles. The highest BCUT2D eigenvalue weighted by Crippen LogP contribution is 2.19. The van der Waals surface area contributed by atoms with Crippen LogP contribution in [0, 0.1) is 6.92 Å². The topological polar surface area (TPSA) is 73.6 Å². The van der Waals surface area contributed by atoms with Gasteiger partial charge >= 0.3 is 0 Å². The molecule has 1 saturated heterocycles. The van der Waals surface area contributed by atoms with Crippen molar-refractivity contribution in [2.75, 3.05) is 19.8 Å². The number of benzene rings is 1.